The van der Waals surface area contributed by atoms with Crippen molar-refractivity contribution in [1.82, 2.24) is 19.7 Å². The van der Waals surface area contributed by atoms with Gasteiger partial charge in [-0.05, 0) is 13.3 Å². The molecule has 1 aliphatic rings. The minimum absolute atomic E-state index is 0.0634. The van der Waals surface area contributed by atoms with Crippen LogP contribution < -0.4 is 5.73 Å². The first kappa shape index (κ1) is 10.1. The molecular weight excluding hydrogens is 194 g/mol. The summed E-state index contributed by atoms with van der Waals surface area (Å²) in [5.41, 5.74) is 5.75. The van der Waals surface area contributed by atoms with E-state index in [-0.39, 0.29) is 18.0 Å². The molecule has 6 nitrogen and oxygen atoms in total. The van der Waals surface area contributed by atoms with Gasteiger partial charge in [-0.1, -0.05) is 0 Å². The van der Waals surface area contributed by atoms with E-state index in [1.54, 1.807) is 15.9 Å². The van der Waals surface area contributed by atoms with Crippen molar-refractivity contribution in [2.45, 2.75) is 25.4 Å². The third kappa shape index (κ3) is 1.99. The molecule has 0 aliphatic carbocycles. The quantitative estimate of drug-likeness (QED) is 0.705. The Morgan fingerprint density at radius 2 is 2.47 bits per heavy atom. The summed E-state index contributed by atoms with van der Waals surface area (Å²) in [4.78, 5) is 17.6. The Kier molecular flexibility index (Phi) is 2.68. The molecule has 6 heteroatoms. The molecule has 0 spiro atoms. The van der Waals surface area contributed by atoms with Crippen molar-refractivity contribution in [3.8, 4) is 0 Å². The Labute approximate surface area is 88.1 Å². The molecule has 2 atom stereocenters. The lowest BCUT2D eigenvalue weighted by atomic mass is 10.3. The number of carbonyl (C=O) groups excluding carboxylic acids is 1. The maximum Gasteiger partial charge on any atom is 0.247 e. The van der Waals surface area contributed by atoms with Gasteiger partial charge >= 0.3 is 0 Å². The van der Waals surface area contributed by atoms with Gasteiger partial charge in [0.05, 0.1) is 0 Å². The van der Waals surface area contributed by atoms with E-state index in [0.717, 1.165) is 13.0 Å². The lowest BCUT2D eigenvalue weighted by Gasteiger charge is -2.20. The number of nitrogens with two attached hydrogens (primary N) is 1. The van der Waals surface area contributed by atoms with Crippen LogP contribution in [0.15, 0.2) is 12.7 Å². The highest BCUT2D eigenvalue weighted by molar-refractivity contribution is 5.80. The van der Waals surface area contributed by atoms with Crippen molar-refractivity contribution in [3.05, 3.63) is 12.7 Å². The summed E-state index contributed by atoms with van der Waals surface area (Å²) in [5.74, 6) is 0.0634. The van der Waals surface area contributed by atoms with Gasteiger partial charge in [0.1, 0.15) is 18.7 Å². The summed E-state index contributed by atoms with van der Waals surface area (Å²) in [5, 5.41) is 3.95. The predicted molar refractivity (Wildman–Crippen MR) is 53.9 cm³/mol. The van der Waals surface area contributed by atoms with Crippen LogP contribution in [0, 0.1) is 0 Å². The van der Waals surface area contributed by atoms with E-state index in [1.165, 1.54) is 6.33 Å². The van der Waals surface area contributed by atoms with E-state index < -0.39 is 0 Å². The molecular formula is C9H15N5O. The van der Waals surface area contributed by atoms with Crippen molar-refractivity contribution in [2.24, 2.45) is 5.73 Å². The minimum atomic E-state index is -0.294. The fourth-order valence-corrected chi connectivity index (χ4v) is 1.78. The monoisotopic (exact) mass is 209 g/mol. The van der Waals surface area contributed by atoms with E-state index in [0.29, 0.717) is 6.54 Å². The standard InChI is InChI=1S/C9H15N5O/c1-7(14-6-11-5-12-14)9(15)13-3-2-8(10)4-13/h5-8H,2-4,10H2,1H3/t7?,8-/m0/s1. The first-order chi connectivity index (χ1) is 7.18. The topological polar surface area (TPSA) is 77.0 Å². The van der Waals surface area contributed by atoms with E-state index in [9.17, 15) is 4.79 Å². The number of nitrogens with zero attached hydrogens (tertiary/aromatic N) is 4. The Morgan fingerprint density at radius 3 is 3.00 bits per heavy atom. The zero-order chi connectivity index (χ0) is 10.8. The molecule has 2 N–H and O–H groups in total. The Balaban J connectivity index is 2.02. The Morgan fingerprint density at radius 1 is 1.67 bits per heavy atom. The van der Waals surface area contributed by atoms with Gasteiger partial charge < -0.3 is 10.6 Å². The fourth-order valence-electron chi connectivity index (χ4n) is 1.78. The van der Waals surface area contributed by atoms with Crippen LogP contribution >= 0.6 is 0 Å². The Hall–Kier alpha value is -1.43. The molecule has 15 heavy (non-hydrogen) atoms. The smallest absolute Gasteiger partial charge is 0.247 e. The predicted octanol–water partition coefficient (Wildman–Crippen LogP) is -0.601. The van der Waals surface area contributed by atoms with Crippen LogP contribution in [0.3, 0.4) is 0 Å². The SMILES string of the molecule is CC(C(=O)N1CC[C@H](N)C1)n1cncn1. The summed E-state index contributed by atoms with van der Waals surface area (Å²) in [6.07, 6.45) is 3.87. The summed E-state index contributed by atoms with van der Waals surface area (Å²) < 4.78 is 1.56. The zero-order valence-electron chi connectivity index (χ0n) is 8.71. The highest BCUT2D eigenvalue weighted by Gasteiger charge is 2.28. The average molecular weight is 209 g/mol. The van der Waals surface area contributed by atoms with Gasteiger partial charge in [0, 0.05) is 19.1 Å². The van der Waals surface area contributed by atoms with Crippen LogP contribution in [-0.4, -0.2) is 44.7 Å². The van der Waals surface area contributed by atoms with E-state index in [4.69, 9.17) is 5.73 Å². The molecule has 0 bridgehead atoms. The summed E-state index contributed by atoms with van der Waals surface area (Å²) in [6, 6.07) is -0.172. The molecule has 0 aromatic carbocycles. The molecule has 1 unspecified atom stereocenters. The van der Waals surface area contributed by atoms with Crippen molar-refractivity contribution < 1.29 is 4.79 Å². The zero-order valence-corrected chi connectivity index (χ0v) is 8.71. The minimum Gasteiger partial charge on any atom is -0.339 e. The number of hydrogen-bond acceptors (Lipinski definition) is 4. The second-order valence-corrected chi connectivity index (χ2v) is 3.88. The molecule has 2 heterocycles. The highest BCUT2D eigenvalue weighted by Crippen LogP contribution is 2.13. The molecule has 1 aromatic heterocycles. The van der Waals surface area contributed by atoms with Crippen LogP contribution in [0.5, 0.6) is 0 Å². The Bertz CT molecular complexity index is 336. The van der Waals surface area contributed by atoms with Gasteiger partial charge in [0.25, 0.3) is 0 Å². The van der Waals surface area contributed by atoms with Crippen LogP contribution in [0.4, 0.5) is 0 Å². The first-order valence-electron chi connectivity index (χ1n) is 5.07. The number of carbonyl (C=O) groups is 1. The molecule has 1 amide bonds. The van der Waals surface area contributed by atoms with Crippen LogP contribution in [0.1, 0.15) is 19.4 Å². The van der Waals surface area contributed by atoms with Gasteiger partial charge in [0.2, 0.25) is 5.91 Å². The van der Waals surface area contributed by atoms with Crippen molar-refractivity contribution in [2.75, 3.05) is 13.1 Å². The van der Waals surface area contributed by atoms with E-state index in [2.05, 4.69) is 10.1 Å². The largest absolute Gasteiger partial charge is 0.339 e. The molecule has 82 valence electrons. The molecule has 0 radical (unpaired) electrons. The fraction of sp³-hybridized carbons (Fsp3) is 0.667. The molecule has 1 aromatic rings. The highest BCUT2D eigenvalue weighted by atomic mass is 16.2. The molecule has 2 rings (SSSR count). The second-order valence-electron chi connectivity index (χ2n) is 3.88. The number of likely N-dealkylation sites (tertiary alicyclic amines) is 1. The molecule has 1 saturated heterocycles. The normalized spacial score (nSPS) is 23.1. The van der Waals surface area contributed by atoms with Crippen molar-refractivity contribution in [3.63, 3.8) is 0 Å². The first-order valence-corrected chi connectivity index (χ1v) is 5.07. The number of amides is 1. The van der Waals surface area contributed by atoms with Crippen LogP contribution in [0.2, 0.25) is 0 Å². The third-order valence-electron chi connectivity index (χ3n) is 2.73. The van der Waals surface area contributed by atoms with Gasteiger partial charge in [-0.2, -0.15) is 5.10 Å². The molecule has 1 fully saturated rings. The third-order valence-corrected chi connectivity index (χ3v) is 2.73. The van der Waals surface area contributed by atoms with Gasteiger partial charge in [0.15, 0.2) is 0 Å². The van der Waals surface area contributed by atoms with E-state index >= 15 is 0 Å². The maximum absolute atomic E-state index is 12.0. The average Bonchev–Trinajstić information content (AvgIpc) is 2.85. The molecule has 0 saturated carbocycles. The lowest BCUT2D eigenvalue weighted by molar-refractivity contribution is -0.133. The summed E-state index contributed by atoms with van der Waals surface area (Å²) in [6.45, 7) is 3.22. The number of rotatable bonds is 2. The summed E-state index contributed by atoms with van der Waals surface area (Å²) in [7, 11) is 0. The summed E-state index contributed by atoms with van der Waals surface area (Å²) >= 11 is 0. The van der Waals surface area contributed by atoms with Crippen LogP contribution in [-0.2, 0) is 4.79 Å². The number of hydrogen-bond donors (Lipinski definition) is 1. The van der Waals surface area contributed by atoms with Crippen LogP contribution in [0.25, 0.3) is 0 Å². The van der Waals surface area contributed by atoms with Gasteiger partial charge in [-0.25, -0.2) is 9.67 Å². The lowest BCUT2D eigenvalue weighted by Crippen LogP contribution is -2.36. The van der Waals surface area contributed by atoms with Crippen molar-refractivity contribution >= 4 is 5.91 Å². The van der Waals surface area contributed by atoms with Crippen molar-refractivity contribution in [1.29, 1.82) is 0 Å². The molecule has 1 aliphatic heterocycles. The van der Waals surface area contributed by atoms with Gasteiger partial charge in [-0.15, -0.1) is 0 Å². The van der Waals surface area contributed by atoms with E-state index in [1.807, 2.05) is 6.92 Å². The maximum atomic E-state index is 12.0. The van der Waals surface area contributed by atoms with Gasteiger partial charge in [-0.3, -0.25) is 4.79 Å². The number of aromatic nitrogens is 3. The second kappa shape index (κ2) is 3.98.